The van der Waals surface area contributed by atoms with E-state index in [0.717, 1.165) is 43.2 Å². The van der Waals surface area contributed by atoms with Crippen LogP contribution in [0.25, 0.3) is 0 Å². The Bertz CT molecular complexity index is 1190. The molecule has 0 aliphatic heterocycles. The number of halogens is 6. The number of unbranched alkanes of at least 4 members (excludes halogenated alkanes) is 2. The van der Waals surface area contributed by atoms with Crippen LogP contribution in [0, 0.1) is 28.4 Å². The Morgan fingerprint density at radius 1 is 1.07 bits per heavy atom. The molecule has 0 aromatic heterocycles. The van der Waals surface area contributed by atoms with E-state index in [4.69, 9.17) is 0 Å². The van der Waals surface area contributed by atoms with Gasteiger partial charge in [0.1, 0.15) is 17.7 Å². The predicted octanol–water partition coefficient (Wildman–Crippen LogP) is 7.61. The van der Waals surface area contributed by atoms with E-state index in [2.05, 4.69) is 0 Å². The fourth-order valence-electron chi connectivity index (χ4n) is 8.23. The number of quaternary nitrogens is 1. The molecule has 44 heavy (non-hydrogen) atoms. The standard InChI is InChI=1S/C32H45F6NO4S/c1-30-20-26(33)29-24-10-9-23(40)19-22(24)18-21(28(29)25(30)11-12-27(30)41)8-4-3-5-14-39(2,42)15-7-17-44(43)16-6-13-31(34,35)32(36,37)38/h9-10,19,21,25-26,28-29,40H,3-8,11-18,20H2,1-2H3. The van der Waals surface area contributed by atoms with Crippen molar-refractivity contribution in [2.75, 3.05) is 31.6 Å². The molecule has 0 saturated heterocycles. The molecule has 8 atom stereocenters. The van der Waals surface area contributed by atoms with Crippen LogP contribution in [0.5, 0.6) is 5.75 Å². The molecule has 3 aliphatic carbocycles. The van der Waals surface area contributed by atoms with Gasteiger partial charge in [0.25, 0.3) is 0 Å². The molecule has 3 aliphatic rings. The van der Waals surface area contributed by atoms with Gasteiger partial charge in [0.2, 0.25) is 0 Å². The summed E-state index contributed by atoms with van der Waals surface area (Å²) in [6.07, 6.45) is -3.03. The zero-order valence-electron chi connectivity index (χ0n) is 25.5. The van der Waals surface area contributed by atoms with Crippen molar-refractivity contribution >= 4 is 16.6 Å². The number of alkyl halides is 6. The number of hydrogen-bond acceptors (Lipinski definition) is 4. The number of Topliss-reactive ketones (excluding diaryl/α,β-unsaturated/α-hetero) is 1. The Balaban J connectivity index is 1.24. The van der Waals surface area contributed by atoms with Gasteiger partial charge < -0.3 is 15.0 Å². The van der Waals surface area contributed by atoms with Crippen molar-refractivity contribution in [3.05, 3.63) is 34.5 Å². The second-order valence-corrected chi connectivity index (χ2v) is 15.5. The summed E-state index contributed by atoms with van der Waals surface area (Å²) in [5.74, 6) is -4.60. The van der Waals surface area contributed by atoms with Gasteiger partial charge in [-0.05, 0) is 86.0 Å². The number of carbonyl (C=O) groups is 1. The van der Waals surface area contributed by atoms with Crippen LogP contribution < -0.4 is 0 Å². The lowest BCUT2D eigenvalue weighted by Gasteiger charge is -2.53. The van der Waals surface area contributed by atoms with Crippen molar-refractivity contribution in [1.82, 2.24) is 0 Å². The molecule has 1 aromatic carbocycles. The molecule has 250 valence electrons. The summed E-state index contributed by atoms with van der Waals surface area (Å²) in [4.78, 5) is 12.9. The molecule has 1 aromatic rings. The lowest BCUT2D eigenvalue weighted by molar-refractivity contribution is -0.860. The van der Waals surface area contributed by atoms with Gasteiger partial charge in [-0.25, -0.2) is 4.39 Å². The summed E-state index contributed by atoms with van der Waals surface area (Å²) in [6.45, 7) is 2.44. The zero-order chi connectivity index (χ0) is 32.5. The van der Waals surface area contributed by atoms with Crippen molar-refractivity contribution in [3.8, 4) is 5.75 Å². The number of rotatable bonds is 14. The summed E-state index contributed by atoms with van der Waals surface area (Å²) in [5.41, 5.74) is 1.30. The summed E-state index contributed by atoms with van der Waals surface area (Å²) in [5, 5.41) is 23.0. The van der Waals surface area contributed by atoms with Gasteiger partial charge in [0.05, 0.1) is 20.1 Å². The van der Waals surface area contributed by atoms with Gasteiger partial charge in [0, 0.05) is 52.9 Å². The number of aromatic hydroxyl groups is 1. The molecule has 0 radical (unpaired) electrons. The minimum Gasteiger partial charge on any atom is -0.633 e. The quantitative estimate of drug-likeness (QED) is 0.0971. The SMILES string of the molecule is CC12CC(F)C3c4ccc(O)cc4CC(CCCCC[N+](C)([O-])CCCS(=O)CCCC(F)(F)C(F)(F)F)C3C1CCC2=O. The molecule has 12 heteroatoms. The molecule has 4 rings (SSSR count). The Kier molecular flexibility index (Phi) is 10.9. The average molecular weight is 654 g/mol. The first kappa shape index (κ1) is 35.2. The van der Waals surface area contributed by atoms with E-state index in [0.29, 0.717) is 19.4 Å². The molecule has 8 unspecified atom stereocenters. The number of phenolic OH excluding ortho intramolecular Hbond substituents is 1. The molecule has 0 amide bonds. The minimum atomic E-state index is -5.62. The first-order chi connectivity index (χ1) is 20.4. The van der Waals surface area contributed by atoms with Crippen molar-refractivity contribution in [3.63, 3.8) is 0 Å². The number of phenols is 1. The summed E-state index contributed by atoms with van der Waals surface area (Å²) >= 11 is 0. The van der Waals surface area contributed by atoms with E-state index in [1.165, 1.54) is 7.05 Å². The van der Waals surface area contributed by atoms with Gasteiger partial charge in [-0.1, -0.05) is 19.4 Å². The van der Waals surface area contributed by atoms with Gasteiger partial charge in [0.15, 0.2) is 0 Å². The van der Waals surface area contributed by atoms with E-state index in [-0.39, 0.29) is 66.1 Å². The van der Waals surface area contributed by atoms with Crippen LogP contribution in [0.1, 0.15) is 88.2 Å². The van der Waals surface area contributed by atoms with Gasteiger partial charge in [-0.3, -0.25) is 9.00 Å². The van der Waals surface area contributed by atoms with Crippen LogP contribution in [-0.4, -0.2) is 69.7 Å². The number of ketones is 1. The lowest BCUT2D eigenvalue weighted by Crippen LogP contribution is -2.50. The van der Waals surface area contributed by atoms with Crippen molar-refractivity contribution in [1.29, 1.82) is 0 Å². The van der Waals surface area contributed by atoms with Gasteiger partial charge in [-0.15, -0.1) is 0 Å². The van der Waals surface area contributed by atoms with Crippen LogP contribution in [0.3, 0.4) is 0 Å². The highest BCUT2D eigenvalue weighted by molar-refractivity contribution is 7.84. The Hall–Kier alpha value is -1.66. The molecule has 0 heterocycles. The van der Waals surface area contributed by atoms with Gasteiger partial charge in [-0.2, -0.15) is 22.0 Å². The van der Waals surface area contributed by atoms with Crippen LogP contribution in [0.2, 0.25) is 0 Å². The Morgan fingerprint density at radius 2 is 1.75 bits per heavy atom. The maximum absolute atomic E-state index is 15.9. The lowest BCUT2D eigenvalue weighted by atomic mass is 9.51. The number of nitrogens with zero attached hydrogens (tertiary/aromatic N) is 1. The molecule has 2 saturated carbocycles. The Morgan fingerprint density at radius 3 is 2.45 bits per heavy atom. The number of benzene rings is 1. The molecule has 0 spiro atoms. The van der Waals surface area contributed by atoms with Crippen LogP contribution in [0.4, 0.5) is 26.3 Å². The monoisotopic (exact) mass is 653 g/mol. The first-order valence-corrected chi connectivity index (χ1v) is 17.3. The topological polar surface area (TPSA) is 77.4 Å². The van der Waals surface area contributed by atoms with E-state index in [1.54, 1.807) is 12.1 Å². The van der Waals surface area contributed by atoms with Crippen molar-refractivity contribution in [2.45, 2.75) is 102 Å². The number of hydrogen-bond donors (Lipinski definition) is 1. The smallest absolute Gasteiger partial charge is 0.453 e. The largest absolute Gasteiger partial charge is 0.633 e. The maximum atomic E-state index is 15.9. The molecule has 0 bridgehead atoms. The molecule has 2 fully saturated rings. The van der Waals surface area contributed by atoms with Gasteiger partial charge >= 0.3 is 12.1 Å². The van der Waals surface area contributed by atoms with Crippen LogP contribution >= 0.6 is 0 Å². The van der Waals surface area contributed by atoms with Crippen molar-refractivity contribution in [2.24, 2.45) is 23.2 Å². The second-order valence-electron chi connectivity index (χ2n) is 13.8. The summed E-state index contributed by atoms with van der Waals surface area (Å²) in [6, 6.07) is 5.20. The minimum absolute atomic E-state index is 0.0494. The maximum Gasteiger partial charge on any atom is 0.453 e. The highest BCUT2D eigenvalue weighted by Gasteiger charge is 2.60. The van der Waals surface area contributed by atoms with Crippen LogP contribution in [-0.2, 0) is 22.0 Å². The average Bonchev–Trinajstić information content (AvgIpc) is 3.20. The normalized spacial score (nSPS) is 30.8. The molecule has 1 N–H and O–H groups in total. The number of fused-ring (bicyclic) bond motifs is 5. The van der Waals surface area contributed by atoms with E-state index < -0.39 is 52.0 Å². The molecular weight excluding hydrogens is 608 g/mol. The molecule has 5 nitrogen and oxygen atoms in total. The summed E-state index contributed by atoms with van der Waals surface area (Å²) in [7, 11) is -0.0546. The fourth-order valence-corrected chi connectivity index (χ4v) is 9.36. The Labute approximate surface area is 258 Å². The zero-order valence-corrected chi connectivity index (χ0v) is 26.3. The van der Waals surface area contributed by atoms with E-state index >= 15 is 4.39 Å². The summed E-state index contributed by atoms with van der Waals surface area (Å²) < 4.78 is 90.2. The third-order valence-corrected chi connectivity index (χ3v) is 12.0. The predicted molar refractivity (Wildman–Crippen MR) is 157 cm³/mol. The highest BCUT2D eigenvalue weighted by Crippen LogP contribution is 2.62. The second kappa shape index (κ2) is 13.6. The fraction of sp³-hybridized carbons (Fsp3) is 0.781. The first-order valence-electron chi connectivity index (χ1n) is 15.8. The number of carbonyl (C=O) groups excluding carboxylic acids is 1. The van der Waals surface area contributed by atoms with Crippen LogP contribution in [0.15, 0.2) is 18.2 Å². The number of hydroxylamine groups is 3. The van der Waals surface area contributed by atoms with Crippen molar-refractivity contribution < 1.29 is 45.1 Å². The highest BCUT2D eigenvalue weighted by atomic mass is 32.2. The third kappa shape index (κ3) is 7.82. The van der Waals surface area contributed by atoms with E-state index in [1.807, 2.05) is 13.0 Å². The molecular formula is C32H45F6NO4S. The third-order valence-electron chi connectivity index (χ3n) is 10.5. The van der Waals surface area contributed by atoms with E-state index in [9.17, 15) is 41.3 Å².